The van der Waals surface area contributed by atoms with Crippen LogP contribution >= 0.6 is 11.3 Å². The monoisotopic (exact) mass is 277 g/mol. The molecule has 1 aromatic heterocycles. The number of anilines is 1. The zero-order chi connectivity index (χ0) is 13.8. The zero-order valence-electron chi connectivity index (χ0n) is 11.0. The number of aryl methyl sites for hydroxylation is 1. The average molecular weight is 277 g/mol. The van der Waals surface area contributed by atoms with Crippen LogP contribution in [0.1, 0.15) is 15.2 Å². The van der Waals surface area contributed by atoms with Crippen molar-refractivity contribution in [2.24, 2.45) is 0 Å². The fraction of sp³-hybridized carbons (Fsp3) is 0.214. The Morgan fingerprint density at radius 3 is 2.58 bits per heavy atom. The summed E-state index contributed by atoms with van der Waals surface area (Å²) in [6.07, 6.45) is 0. The summed E-state index contributed by atoms with van der Waals surface area (Å²) in [4.78, 5) is 12.8. The summed E-state index contributed by atoms with van der Waals surface area (Å²) in [5.41, 5.74) is 1.59. The minimum atomic E-state index is -0.129. The molecule has 0 aliphatic heterocycles. The van der Waals surface area contributed by atoms with Gasteiger partial charge in [0.25, 0.3) is 5.91 Å². The van der Waals surface area contributed by atoms with Gasteiger partial charge in [0.05, 0.1) is 24.8 Å². The van der Waals surface area contributed by atoms with Gasteiger partial charge >= 0.3 is 0 Å². The molecule has 0 aliphatic rings. The molecule has 0 unspecified atom stereocenters. The molecule has 0 bridgehead atoms. The number of amides is 1. The van der Waals surface area contributed by atoms with Gasteiger partial charge in [-0.25, -0.2) is 0 Å². The van der Waals surface area contributed by atoms with Crippen LogP contribution in [-0.2, 0) is 0 Å². The molecule has 0 aliphatic carbocycles. The molecule has 4 nitrogen and oxygen atoms in total. The minimum absolute atomic E-state index is 0.129. The number of hydrogen-bond acceptors (Lipinski definition) is 4. The summed E-state index contributed by atoms with van der Waals surface area (Å²) in [6.45, 7) is 1.91. The summed E-state index contributed by atoms with van der Waals surface area (Å²) in [5.74, 6) is 1.13. The number of nitrogens with one attached hydrogen (secondary N) is 1. The summed E-state index contributed by atoms with van der Waals surface area (Å²) in [7, 11) is 3.14. The Morgan fingerprint density at radius 1 is 1.21 bits per heavy atom. The molecule has 1 N–H and O–H groups in total. The summed E-state index contributed by atoms with van der Waals surface area (Å²) < 4.78 is 10.4. The Labute approximate surface area is 116 Å². The van der Waals surface area contributed by atoms with E-state index in [9.17, 15) is 4.79 Å². The maximum Gasteiger partial charge on any atom is 0.266 e. The normalized spacial score (nSPS) is 10.1. The molecule has 2 rings (SSSR count). The van der Waals surface area contributed by atoms with Crippen molar-refractivity contribution in [2.75, 3.05) is 19.5 Å². The minimum Gasteiger partial charge on any atom is -0.497 e. The second kappa shape index (κ2) is 5.75. The highest BCUT2D eigenvalue weighted by atomic mass is 32.1. The van der Waals surface area contributed by atoms with Crippen LogP contribution in [0.4, 0.5) is 5.69 Å². The fourth-order valence-corrected chi connectivity index (χ4v) is 2.51. The molecule has 0 saturated carbocycles. The summed E-state index contributed by atoms with van der Waals surface area (Å²) >= 11 is 1.42. The first-order chi connectivity index (χ1) is 9.15. The van der Waals surface area contributed by atoms with Crippen LogP contribution in [0.15, 0.2) is 29.6 Å². The first kappa shape index (κ1) is 13.4. The lowest BCUT2D eigenvalue weighted by Crippen LogP contribution is -2.12. The molecule has 100 valence electrons. The predicted molar refractivity (Wildman–Crippen MR) is 76.6 cm³/mol. The van der Waals surface area contributed by atoms with Crippen molar-refractivity contribution in [3.63, 3.8) is 0 Å². The Bertz CT molecular complexity index is 592. The number of thiophene rings is 1. The first-order valence-corrected chi connectivity index (χ1v) is 6.61. The maximum atomic E-state index is 12.1. The molecule has 0 saturated heterocycles. The summed E-state index contributed by atoms with van der Waals surface area (Å²) in [6, 6.07) is 7.19. The lowest BCUT2D eigenvalue weighted by Gasteiger charge is -2.11. The van der Waals surface area contributed by atoms with E-state index in [4.69, 9.17) is 9.47 Å². The molecule has 1 heterocycles. The lowest BCUT2D eigenvalue weighted by molar-refractivity contribution is 0.102. The zero-order valence-corrected chi connectivity index (χ0v) is 11.8. The fourth-order valence-electron chi connectivity index (χ4n) is 1.69. The second-order valence-electron chi connectivity index (χ2n) is 3.95. The topological polar surface area (TPSA) is 47.6 Å². The standard InChI is InChI=1S/C14H15NO3S/c1-9-6-7-19-13(9)14(16)15-11-5-4-10(17-2)8-12(11)18-3/h4-8H,1-3H3,(H,15,16). The van der Waals surface area contributed by atoms with E-state index in [1.54, 1.807) is 32.4 Å². The van der Waals surface area contributed by atoms with E-state index in [0.29, 0.717) is 22.1 Å². The van der Waals surface area contributed by atoms with Crippen molar-refractivity contribution < 1.29 is 14.3 Å². The molecule has 0 radical (unpaired) electrons. The van der Waals surface area contributed by atoms with Gasteiger partial charge in [-0.1, -0.05) is 0 Å². The van der Waals surface area contributed by atoms with E-state index in [0.717, 1.165) is 5.56 Å². The van der Waals surface area contributed by atoms with Crippen molar-refractivity contribution in [3.8, 4) is 11.5 Å². The van der Waals surface area contributed by atoms with Crippen molar-refractivity contribution >= 4 is 22.9 Å². The molecule has 2 aromatic rings. The van der Waals surface area contributed by atoms with Crippen LogP contribution < -0.4 is 14.8 Å². The molecular weight excluding hydrogens is 262 g/mol. The van der Waals surface area contributed by atoms with E-state index in [1.165, 1.54) is 11.3 Å². The van der Waals surface area contributed by atoms with Gasteiger partial charge in [0.2, 0.25) is 0 Å². The van der Waals surface area contributed by atoms with E-state index in [-0.39, 0.29) is 5.91 Å². The van der Waals surface area contributed by atoms with E-state index in [1.807, 2.05) is 18.4 Å². The lowest BCUT2D eigenvalue weighted by atomic mass is 10.2. The Balaban J connectivity index is 2.24. The number of methoxy groups -OCH3 is 2. The smallest absolute Gasteiger partial charge is 0.266 e. The van der Waals surface area contributed by atoms with Gasteiger partial charge in [-0.3, -0.25) is 4.79 Å². The second-order valence-corrected chi connectivity index (χ2v) is 4.87. The SMILES string of the molecule is COc1ccc(NC(=O)c2sccc2C)c(OC)c1. The molecule has 5 heteroatoms. The van der Waals surface area contributed by atoms with E-state index in [2.05, 4.69) is 5.32 Å². The third-order valence-corrected chi connectivity index (χ3v) is 3.74. The molecule has 19 heavy (non-hydrogen) atoms. The highest BCUT2D eigenvalue weighted by Gasteiger charge is 2.13. The number of carbonyl (C=O) groups excluding carboxylic acids is 1. The maximum absolute atomic E-state index is 12.1. The molecular formula is C14H15NO3S. The summed E-state index contributed by atoms with van der Waals surface area (Å²) in [5, 5.41) is 4.75. The number of benzene rings is 1. The van der Waals surface area contributed by atoms with Crippen molar-refractivity contribution in [1.82, 2.24) is 0 Å². The molecule has 1 amide bonds. The van der Waals surface area contributed by atoms with Crippen LogP contribution in [0.3, 0.4) is 0 Å². The van der Waals surface area contributed by atoms with Gasteiger partial charge in [-0.05, 0) is 36.1 Å². The first-order valence-electron chi connectivity index (χ1n) is 5.73. The van der Waals surface area contributed by atoms with Crippen molar-refractivity contribution in [3.05, 3.63) is 40.1 Å². The Kier molecular flexibility index (Phi) is 4.06. The Morgan fingerprint density at radius 2 is 2.00 bits per heavy atom. The van der Waals surface area contributed by atoms with E-state index >= 15 is 0 Å². The van der Waals surface area contributed by atoms with Gasteiger partial charge in [0.15, 0.2) is 0 Å². The highest BCUT2D eigenvalue weighted by Crippen LogP contribution is 2.30. The van der Waals surface area contributed by atoms with Crippen molar-refractivity contribution in [2.45, 2.75) is 6.92 Å². The Hall–Kier alpha value is -2.01. The largest absolute Gasteiger partial charge is 0.497 e. The molecule has 0 atom stereocenters. The van der Waals surface area contributed by atoms with Crippen LogP contribution in [0.25, 0.3) is 0 Å². The van der Waals surface area contributed by atoms with Crippen LogP contribution in [0, 0.1) is 6.92 Å². The molecule has 0 spiro atoms. The van der Waals surface area contributed by atoms with Crippen LogP contribution in [-0.4, -0.2) is 20.1 Å². The predicted octanol–water partition coefficient (Wildman–Crippen LogP) is 3.33. The van der Waals surface area contributed by atoms with Gasteiger partial charge in [0, 0.05) is 6.07 Å². The van der Waals surface area contributed by atoms with Gasteiger partial charge < -0.3 is 14.8 Å². The molecule has 0 fully saturated rings. The van der Waals surface area contributed by atoms with Gasteiger partial charge in [-0.2, -0.15) is 0 Å². The highest BCUT2D eigenvalue weighted by molar-refractivity contribution is 7.12. The third kappa shape index (κ3) is 2.88. The van der Waals surface area contributed by atoms with Crippen molar-refractivity contribution in [1.29, 1.82) is 0 Å². The number of hydrogen-bond donors (Lipinski definition) is 1. The number of ether oxygens (including phenoxy) is 2. The quantitative estimate of drug-likeness (QED) is 0.932. The number of rotatable bonds is 4. The molecule has 1 aromatic carbocycles. The van der Waals surface area contributed by atoms with Crippen LogP contribution in [0.2, 0.25) is 0 Å². The van der Waals surface area contributed by atoms with Gasteiger partial charge in [-0.15, -0.1) is 11.3 Å². The van der Waals surface area contributed by atoms with E-state index < -0.39 is 0 Å². The number of carbonyl (C=O) groups is 1. The third-order valence-electron chi connectivity index (χ3n) is 2.73. The van der Waals surface area contributed by atoms with Crippen LogP contribution in [0.5, 0.6) is 11.5 Å². The average Bonchev–Trinajstić information content (AvgIpc) is 2.85. The van der Waals surface area contributed by atoms with Gasteiger partial charge in [0.1, 0.15) is 11.5 Å².